The summed E-state index contributed by atoms with van der Waals surface area (Å²) in [6.07, 6.45) is 1.61. The Labute approximate surface area is 157 Å². The molecular weight excluding hydrogens is 344 g/mol. The molecule has 0 bridgehead atoms. The minimum Gasteiger partial charge on any atom is -0.508 e. The van der Waals surface area contributed by atoms with Gasteiger partial charge in [0.1, 0.15) is 5.75 Å². The minimum atomic E-state index is -0.265. The lowest BCUT2D eigenvalue weighted by atomic mass is 10.1. The van der Waals surface area contributed by atoms with Crippen molar-refractivity contribution < 1.29 is 9.90 Å². The number of phenols is 1. The zero-order chi connectivity index (χ0) is 19.2. The standard InChI is InChI=1S/C19H22N6O2/c1-13(6-7-15-8-10-18(26)11-9-15)20-19(27)21-16-4-3-5-17(12-16)25-14(2)22-23-24-25/h3-5,8-13,26H,6-7H2,1-2H3,(H2,20,21,27). The summed E-state index contributed by atoms with van der Waals surface area (Å²) in [6, 6.07) is 14.2. The van der Waals surface area contributed by atoms with E-state index >= 15 is 0 Å². The second-order valence-electron chi connectivity index (χ2n) is 6.39. The Morgan fingerprint density at radius 3 is 2.70 bits per heavy atom. The van der Waals surface area contributed by atoms with Crippen LogP contribution in [-0.4, -0.2) is 37.4 Å². The monoisotopic (exact) mass is 366 g/mol. The SMILES string of the molecule is Cc1nnnn1-c1cccc(NC(=O)NC(C)CCc2ccc(O)cc2)c1. The topological polar surface area (TPSA) is 105 Å². The second-order valence-corrected chi connectivity index (χ2v) is 6.39. The summed E-state index contributed by atoms with van der Waals surface area (Å²) < 4.78 is 1.60. The third-order valence-corrected chi connectivity index (χ3v) is 4.15. The lowest BCUT2D eigenvalue weighted by Gasteiger charge is -2.15. The molecule has 0 saturated carbocycles. The minimum absolute atomic E-state index is 0.00347. The first-order chi connectivity index (χ1) is 13.0. The van der Waals surface area contributed by atoms with Crippen molar-refractivity contribution in [1.82, 2.24) is 25.5 Å². The van der Waals surface area contributed by atoms with Crippen molar-refractivity contribution in [2.24, 2.45) is 0 Å². The Hall–Kier alpha value is -3.42. The van der Waals surface area contributed by atoms with Gasteiger partial charge in [-0.05, 0) is 73.0 Å². The van der Waals surface area contributed by atoms with E-state index in [-0.39, 0.29) is 17.8 Å². The lowest BCUT2D eigenvalue weighted by molar-refractivity contribution is 0.248. The van der Waals surface area contributed by atoms with Gasteiger partial charge in [-0.3, -0.25) is 0 Å². The molecule has 0 spiro atoms. The van der Waals surface area contributed by atoms with Crippen LogP contribution in [0.25, 0.3) is 5.69 Å². The van der Waals surface area contributed by atoms with E-state index in [1.54, 1.807) is 16.8 Å². The molecule has 0 aliphatic heterocycles. The number of nitrogens with zero attached hydrogens (tertiary/aromatic N) is 4. The number of benzene rings is 2. The van der Waals surface area contributed by atoms with Crippen LogP contribution in [0.5, 0.6) is 5.75 Å². The summed E-state index contributed by atoms with van der Waals surface area (Å²) in [7, 11) is 0. The molecule has 8 nitrogen and oxygen atoms in total. The molecule has 0 aliphatic carbocycles. The predicted octanol–water partition coefficient (Wildman–Crippen LogP) is 2.82. The van der Waals surface area contributed by atoms with Gasteiger partial charge in [0.15, 0.2) is 5.82 Å². The highest BCUT2D eigenvalue weighted by Gasteiger charge is 2.09. The molecule has 2 amide bonds. The summed E-state index contributed by atoms with van der Waals surface area (Å²) in [5.74, 6) is 0.919. The van der Waals surface area contributed by atoms with Gasteiger partial charge in [-0.25, -0.2) is 4.79 Å². The number of urea groups is 1. The molecule has 0 radical (unpaired) electrons. The fourth-order valence-corrected chi connectivity index (χ4v) is 2.69. The number of anilines is 1. The fraction of sp³-hybridized carbons (Fsp3) is 0.263. The Morgan fingerprint density at radius 2 is 2.00 bits per heavy atom. The molecule has 3 aromatic rings. The van der Waals surface area contributed by atoms with E-state index in [1.807, 2.05) is 50.2 Å². The Balaban J connectivity index is 1.53. The molecule has 0 aliphatic rings. The van der Waals surface area contributed by atoms with Gasteiger partial charge in [-0.2, -0.15) is 4.68 Å². The number of carbonyl (C=O) groups is 1. The molecule has 1 aromatic heterocycles. The smallest absolute Gasteiger partial charge is 0.319 e. The van der Waals surface area contributed by atoms with Gasteiger partial charge >= 0.3 is 6.03 Å². The van der Waals surface area contributed by atoms with E-state index in [0.717, 1.165) is 24.1 Å². The summed E-state index contributed by atoms with van der Waals surface area (Å²) in [5.41, 5.74) is 2.55. The molecule has 1 atom stereocenters. The van der Waals surface area contributed by atoms with Crippen LogP contribution in [0.3, 0.4) is 0 Å². The number of carbonyl (C=O) groups excluding carboxylic acids is 1. The van der Waals surface area contributed by atoms with E-state index in [4.69, 9.17) is 0 Å². The van der Waals surface area contributed by atoms with Crippen molar-refractivity contribution in [2.75, 3.05) is 5.32 Å². The van der Waals surface area contributed by atoms with Crippen molar-refractivity contribution in [3.05, 3.63) is 59.9 Å². The lowest BCUT2D eigenvalue weighted by Crippen LogP contribution is -2.36. The number of phenolic OH excluding ortho intramolecular Hbond substituents is 1. The third kappa shape index (κ3) is 5.04. The van der Waals surface area contributed by atoms with Gasteiger partial charge in [0.2, 0.25) is 0 Å². The summed E-state index contributed by atoms with van der Waals surface area (Å²) in [4.78, 5) is 12.2. The Morgan fingerprint density at radius 1 is 1.22 bits per heavy atom. The average molecular weight is 366 g/mol. The molecule has 1 unspecified atom stereocenters. The first kappa shape index (κ1) is 18.4. The predicted molar refractivity (Wildman–Crippen MR) is 102 cm³/mol. The maximum Gasteiger partial charge on any atom is 0.319 e. The number of nitrogens with one attached hydrogen (secondary N) is 2. The van der Waals surface area contributed by atoms with Crippen LogP contribution in [-0.2, 0) is 6.42 Å². The van der Waals surface area contributed by atoms with Crippen molar-refractivity contribution >= 4 is 11.7 Å². The molecule has 2 aromatic carbocycles. The second kappa shape index (κ2) is 8.31. The fourth-order valence-electron chi connectivity index (χ4n) is 2.69. The number of rotatable bonds is 6. The number of aryl methyl sites for hydroxylation is 2. The molecule has 1 heterocycles. The van der Waals surface area contributed by atoms with E-state index in [2.05, 4.69) is 26.2 Å². The first-order valence-electron chi connectivity index (χ1n) is 8.72. The van der Waals surface area contributed by atoms with Crippen molar-refractivity contribution in [2.45, 2.75) is 32.7 Å². The summed E-state index contributed by atoms with van der Waals surface area (Å²) in [6.45, 7) is 3.77. The van der Waals surface area contributed by atoms with Crippen LogP contribution >= 0.6 is 0 Å². The van der Waals surface area contributed by atoms with Gasteiger partial charge in [0, 0.05) is 11.7 Å². The van der Waals surface area contributed by atoms with Crippen molar-refractivity contribution in [3.8, 4) is 11.4 Å². The maximum atomic E-state index is 12.2. The molecule has 0 fully saturated rings. The molecule has 8 heteroatoms. The van der Waals surface area contributed by atoms with Crippen LogP contribution in [0, 0.1) is 6.92 Å². The molecule has 140 valence electrons. The maximum absolute atomic E-state index is 12.2. The number of tetrazole rings is 1. The number of amides is 2. The van der Waals surface area contributed by atoms with Crippen LogP contribution < -0.4 is 10.6 Å². The van der Waals surface area contributed by atoms with E-state index in [1.165, 1.54) is 0 Å². The highest BCUT2D eigenvalue weighted by molar-refractivity contribution is 5.89. The van der Waals surface area contributed by atoms with Gasteiger partial charge in [0.05, 0.1) is 5.69 Å². The van der Waals surface area contributed by atoms with E-state index < -0.39 is 0 Å². The van der Waals surface area contributed by atoms with Gasteiger partial charge in [-0.15, -0.1) is 5.10 Å². The zero-order valence-corrected chi connectivity index (χ0v) is 15.3. The Bertz CT molecular complexity index is 907. The number of aromatic hydroxyl groups is 1. The zero-order valence-electron chi connectivity index (χ0n) is 15.3. The van der Waals surface area contributed by atoms with Crippen LogP contribution in [0.1, 0.15) is 24.7 Å². The number of aromatic nitrogens is 4. The average Bonchev–Trinajstić information content (AvgIpc) is 3.07. The van der Waals surface area contributed by atoms with Crippen molar-refractivity contribution in [3.63, 3.8) is 0 Å². The van der Waals surface area contributed by atoms with Gasteiger partial charge < -0.3 is 15.7 Å². The molecular formula is C19H22N6O2. The first-order valence-corrected chi connectivity index (χ1v) is 8.72. The number of hydrogen-bond donors (Lipinski definition) is 3. The largest absolute Gasteiger partial charge is 0.508 e. The molecule has 3 rings (SSSR count). The normalized spacial score (nSPS) is 11.8. The Kier molecular flexibility index (Phi) is 5.65. The molecule has 3 N–H and O–H groups in total. The van der Waals surface area contributed by atoms with E-state index in [0.29, 0.717) is 11.5 Å². The van der Waals surface area contributed by atoms with Crippen LogP contribution in [0.15, 0.2) is 48.5 Å². The van der Waals surface area contributed by atoms with Crippen LogP contribution in [0.2, 0.25) is 0 Å². The highest BCUT2D eigenvalue weighted by atomic mass is 16.3. The van der Waals surface area contributed by atoms with E-state index in [9.17, 15) is 9.90 Å². The van der Waals surface area contributed by atoms with Gasteiger partial charge in [-0.1, -0.05) is 18.2 Å². The van der Waals surface area contributed by atoms with Crippen molar-refractivity contribution in [1.29, 1.82) is 0 Å². The van der Waals surface area contributed by atoms with Crippen LogP contribution in [0.4, 0.5) is 10.5 Å². The third-order valence-electron chi connectivity index (χ3n) is 4.15. The molecule has 0 saturated heterocycles. The summed E-state index contributed by atoms with van der Waals surface area (Å²) in [5, 5.41) is 26.5. The number of hydrogen-bond acceptors (Lipinski definition) is 5. The summed E-state index contributed by atoms with van der Waals surface area (Å²) >= 11 is 0. The molecule has 27 heavy (non-hydrogen) atoms. The quantitative estimate of drug-likeness (QED) is 0.622. The highest BCUT2D eigenvalue weighted by Crippen LogP contribution is 2.15. The van der Waals surface area contributed by atoms with Gasteiger partial charge in [0.25, 0.3) is 0 Å².